The van der Waals surface area contributed by atoms with Crippen LogP contribution in [0.3, 0.4) is 0 Å². The van der Waals surface area contributed by atoms with Crippen LogP contribution in [0.5, 0.6) is 5.75 Å². The van der Waals surface area contributed by atoms with Crippen molar-refractivity contribution in [3.05, 3.63) is 62.5 Å². The van der Waals surface area contributed by atoms with Gasteiger partial charge < -0.3 is 10.1 Å². The highest BCUT2D eigenvalue weighted by atomic mass is 16.3. The number of phenolic OH excluding ortho intramolecular Hbond substituents is 1. The Morgan fingerprint density at radius 3 is 2.07 bits per heavy atom. The number of nitrogens with zero attached hydrogens (tertiary/aromatic N) is 1. The van der Waals surface area contributed by atoms with E-state index in [4.69, 9.17) is 4.99 Å². The largest absolute Gasteiger partial charge is 0.508 e. The summed E-state index contributed by atoms with van der Waals surface area (Å²) < 4.78 is 0. The van der Waals surface area contributed by atoms with E-state index in [1.54, 1.807) is 0 Å². The molecule has 2 atom stereocenters. The Labute approximate surface area is 169 Å². The lowest BCUT2D eigenvalue weighted by atomic mass is 9.79. The summed E-state index contributed by atoms with van der Waals surface area (Å²) in [6, 6.07) is 3.86. The number of H-pyrrole nitrogens is 1. The van der Waals surface area contributed by atoms with E-state index in [2.05, 4.69) is 60.4 Å². The van der Waals surface area contributed by atoms with E-state index >= 15 is 0 Å². The third kappa shape index (κ3) is 3.21. The van der Waals surface area contributed by atoms with Crippen molar-refractivity contribution < 1.29 is 5.11 Å². The lowest BCUT2D eigenvalue weighted by molar-refractivity contribution is 0.473. The first-order chi connectivity index (χ1) is 13.2. The molecule has 0 fully saturated rings. The van der Waals surface area contributed by atoms with Gasteiger partial charge in [0.1, 0.15) is 5.75 Å². The van der Waals surface area contributed by atoms with Gasteiger partial charge in [0.25, 0.3) is 0 Å². The highest BCUT2D eigenvalue weighted by molar-refractivity contribution is 6.01. The maximum absolute atomic E-state index is 10.1. The van der Waals surface area contributed by atoms with E-state index < -0.39 is 0 Å². The monoisotopic (exact) mass is 378 g/mol. The number of benzene rings is 1. The standard InChI is InChI=1S/C25H34N2O/c1-9-20-15(5)24(26-17(20)7)23(22-13(3)11-19(28)12-14(22)4)25-16(6)21(10-2)18(8)27-25/h11-12,23-24,27-28H,9-10H2,1-8H3. The minimum Gasteiger partial charge on any atom is -0.508 e. The zero-order valence-electron chi connectivity index (χ0n) is 18.6. The van der Waals surface area contributed by atoms with Gasteiger partial charge in [-0.05, 0) is 105 Å². The number of allylic oxidation sites excluding steroid dienone is 1. The molecule has 2 N–H and O–H groups in total. The zero-order chi connectivity index (χ0) is 20.7. The Balaban J connectivity index is 2.30. The van der Waals surface area contributed by atoms with Crippen LogP contribution in [0, 0.1) is 27.7 Å². The molecule has 3 nitrogen and oxygen atoms in total. The predicted octanol–water partition coefficient (Wildman–Crippen LogP) is 6.22. The van der Waals surface area contributed by atoms with Crippen molar-refractivity contribution in [3.8, 4) is 5.75 Å². The molecule has 0 radical (unpaired) electrons. The summed E-state index contributed by atoms with van der Waals surface area (Å²) in [7, 11) is 0. The number of aliphatic imine (C=N–C) groups is 1. The normalized spacial score (nSPS) is 18.0. The second kappa shape index (κ2) is 7.62. The molecule has 0 amide bonds. The average Bonchev–Trinajstić information content (AvgIpc) is 3.05. The minimum absolute atomic E-state index is 0.0957. The number of aromatic nitrogens is 1. The first kappa shape index (κ1) is 20.4. The number of hydrogen-bond acceptors (Lipinski definition) is 2. The van der Waals surface area contributed by atoms with Crippen LogP contribution >= 0.6 is 0 Å². The van der Waals surface area contributed by atoms with Crippen LogP contribution in [-0.2, 0) is 6.42 Å². The van der Waals surface area contributed by atoms with Crippen LogP contribution in [-0.4, -0.2) is 21.8 Å². The summed E-state index contributed by atoms with van der Waals surface area (Å²) in [6.07, 6.45) is 2.04. The zero-order valence-corrected chi connectivity index (χ0v) is 18.6. The van der Waals surface area contributed by atoms with E-state index in [1.807, 2.05) is 12.1 Å². The van der Waals surface area contributed by atoms with Gasteiger partial charge in [-0.3, -0.25) is 4.99 Å². The summed E-state index contributed by atoms with van der Waals surface area (Å²) in [4.78, 5) is 8.87. The summed E-state index contributed by atoms with van der Waals surface area (Å²) in [6.45, 7) is 17.4. The van der Waals surface area contributed by atoms with Crippen LogP contribution in [0.2, 0.25) is 0 Å². The maximum Gasteiger partial charge on any atom is 0.116 e. The molecule has 150 valence electrons. The fourth-order valence-corrected chi connectivity index (χ4v) is 5.27. The van der Waals surface area contributed by atoms with Gasteiger partial charge in [-0.15, -0.1) is 0 Å². The summed E-state index contributed by atoms with van der Waals surface area (Å²) in [5.41, 5.74) is 12.7. The van der Waals surface area contributed by atoms with Crippen molar-refractivity contribution in [2.45, 2.75) is 80.2 Å². The molecular formula is C25H34N2O. The van der Waals surface area contributed by atoms with Gasteiger partial charge in [-0.25, -0.2) is 0 Å². The van der Waals surface area contributed by atoms with Crippen LogP contribution < -0.4 is 0 Å². The van der Waals surface area contributed by atoms with Crippen molar-refractivity contribution in [2.24, 2.45) is 4.99 Å². The first-order valence-corrected chi connectivity index (χ1v) is 10.4. The lowest BCUT2D eigenvalue weighted by Crippen LogP contribution is -2.21. The molecule has 1 aliphatic rings. The van der Waals surface area contributed by atoms with Crippen LogP contribution in [0.1, 0.15) is 79.2 Å². The second-order valence-electron chi connectivity index (χ2n) is 8.27. The molecule has 3 rings (SSSR count). The van der Waals surface area contributed by atoms with Gasteiger partial charge in [0.15, 0.2) is 0 Å². The summed E-state index contributed by atoms with van der Waals surface area (Å²) in [5, 5.41) is 10.1. The number of rotatable bonds is 5. The minimum atomic E-state index is 0.0957. The van der Waals surface area contributed by atoms with Gasteiger partial charge in [-0.2, -0.15) is 0 Å². The highest BCUT2D eigenvalue weighted by Gasteiger charge is 2.35. The second-order valence-corrected chi connectivity index (χ2v) is 8.27. The SMILES string of the molecule is CCC1=C(C)C(C(c2[nH]c(C)c(CC)c2C)c2c(C)cc(O)cc2C)N=C1C. The maximum atomic E-state index is 10.1. The molecule has 1 aromatic carbocycles. The number of phenols is 1. The lowest BCUT2D eigenvalue weighted by Gasteiger charge is -2.27. The molecular weight excluding hydrogens is 344 g/mol. The average molecular weight is 379 g/mol. The molecule has 1 aliphatic heterocycles. The quantitative estimate of drug-likeness (QED) is 0.637. The van der Waals surface area contributed by atoms with Gasteiger partial charge >= 0.3 is 0 Å². The number of nitrogens with one attached hydrogen (secondary N) is 1. The van der Waals surface area contributed by atoms with E-state index in [0.717, 1.165) is 24.0 Å². The molecule has 0 saturated carbocycles. The van der Waals surface area contributed by atoms with Gasteiger partial charge in [0.2, 0.25) is 0 Å². The number of aryl methyl sites for hydroxylation is 3. The van der Waals surface area contributed by atoms with Crippen LogP contribution in [0.15, 0.2) is 28.3 Å². The Kier molecular flexibility index (Phi) is 5.56. The van der Waals surface area contributed by atoms with Crippen molar-refractivity contribution in [1.29, 1.82) is 0 Å². The first-order valence-electron chi connectivity index (χ1n) is 10.4. The fraction of sp³-hybridized carbons (Fsp3) is 0.480. The van der Waals surface area contributed by atoms with Crippen LogP contribution in [0.25, 0.3) is 0 Å². The third-order valence-corrected chi connectivity index (χ3v) is 6.54. The van der Waals surface area contributed by atoms with Gasteiger partial charge in [0.05, 0.1) is 12.0 Å². The summed E-state index contributed by atoms with van der Waals surface area (Å²) >= 11 is 0. The molecule has 1 aromatic heterocycles. The Morgan fingerprint density at radius 1 is 1.00 bits per heavy atom. The Morgan fingerprint density at radius 2 is 1.61 bits per heavy atom. The Bertz CT molecular complexity index is 952. The molecule has 2 aromatic rings. The molecule has 0 spiro atoms. The van der Waals surface area contributed by atoms with E-state index in [-0.39, 0.29) is 12.0 Å². The smallest absolute Gasteiger partial charge is 0.116 e. The molecule has 28 heavy (non-hydrogen) atoms. The third-order valence-electron chi connectivity index (χ3n) is 6.54. The molecule has 2 heterocycles. The molecule has 3 heteroatoms. The molecule has 0 saturated heterocycles. The predicted molar refractivity (Wildman–Crippen MR) is 119 cm³/mol. The van der Waals surface area contributed by atoms with Crippen molar-refractivity contribution >= 4 is 5.71 Å². The summed E-state index contributed by atoms with van der Waals surface area (Å²) in [5.74, 6) is 0.456. The van der Waals surface area contributed by atoms with Gasteiger partial charge in [0, 0.05) is 17.1 Å². The van der Waals surface area contributed by atoms with Crippen molar-refractivity contribution in [1.82, 2.24) is 4.98 Å². The van der Waals surface area contributed by atoms with Crippen LogP contribution in [0.4, 0.5) is 0 Å². The van der Waals surface area contributed by atoms with Crippen molar-refractivity contribution in [2.75, 3.05) is 0 Å². The molecule has 0 bridgehead atoms. The topological polar surface area (TPSA) is 48.4 Å². The molecule has 0 aliphatic carbocycles. The highest BCUT2D eigenvalue weighted by Crippen LogP contribution is 2.43. The fourth-order valence-electron chi connectivity index (χ4n) is 5.27. The van der Waals surface area contributed by atoms with E-state index in [0.29, 0.717) is 5.75 Å². The number of aromatic amines is 1. The van der Waals surface area contributed by atoms with E-state index in [1.165, 1.54) is 44.9 Å². The molecule has 2 unspecified atom stereocenters. The number of aromatic hydroxyl groups is 1. The van der Waals surface area contributed by atoms with Gasteiger partial charge in [-0.1, -0.05) is 13.8 Å². The number of hydrogen-bond donors (Lipinski definition) is 2. The Hall–Kier alpha value is -2.29. The van der Waals surface area contributed by atoms with E-state index in [9.17, 15) is 5.11 Å². The van der Waals surface area contributed by atoms with Crippen molar-refractivity contribution in [3.63, 3.8) is 0 Å².